The second-order valence-electron chi connectivity index (χ2n) is 6.46. The maximum Gasteiger partial charge on any atom is 0.407 e. The van der Waals surface area contributed by atoms with Gasteiger partial charge < -0.3 is 19.7 Å². The molecule has 8 heteroatoms. The summed E-state index contributed by atoms with van der Waals surface area (Å²) < 4.78 is 22.9. The van der Waals surface area contributed by atoms with Crippen LogP contribution in [0.15, 0.2) is 18.2 Å². The lowest BCUT2D eigenvalue weighted by molar-refractivity contribution is 0.0534. The van der Waals surface area contributed by atoms with E-state index in [2.05, 4.69) is 10.3 Å². The summed E-state index contributed by atoms with van der Waals surface area (Å²) >= 11 is 0. The van der Waals surface area contributed by atoms with Gasteiger partial charge in [-0.25, -0.2) is 9.78 Å². The zero-order valence-electron chi connectivity index (χ0n) is 15.4. The lowest BCUT2D eigenvalue weighted by Gasteiger charge is -2.19. The van der Waals surface area contributed by atoms with E-state index >= 15 is 0 Å². The average Bonchev–Trinajstić information content (AvgIpc) is 2.49. The van der Waals surface area contributed by atoms with Crippen molar-refractivity contribution in [2.45, 2.75) is 39.9 Å². The van der Waals surface area contributed by atoms with Gasteiger partial charge in [-0.05, 0) is 45.4 Å². The monoisotopic (exact) mass is 370 g/mol. The van der Waals surface area contributed by atoms with E-state index in [1.54, 1.807) is 52.0 Å². The Kier molecular flexibility index (Phi) is 7.80. The molecule has 0 aromatic carbocycles. The molecule has 1 aromatic heterocycles. The number of nitrogens with one attached hydrogen (secondary N) is 1. The van der Waals surface area contributed by atoms with E-state index in [0.717, 1.165) is 0 Å². The number of alkyl carbamates (subject to hydrolysis) is 1. The van der Waals surface area contributed by atoms with Crippen LogP contribution in [0.5, 0.6) is 0 Å². The second-order valence-corrected chi connectivity index (χ2v) is 8.87. The van der Waals surface area contributed by atoms with Crippen molar-refractivity contribution in [1.29, 1.82) is 0 Å². The zero-order valence-corrected chi connectivity index (χ0v) is 16.3. The summed E-state index contributed by atoms with van der Waals surface area (Å²) in [6, 6.07) is 3.33. The van der Waals surface area contributed by atoms with Crippen LogP contribution < -0.4 is 10.8 Å². The Hall–Kier alpha value is -1.69. The Morgan fingerprint density at radius 3 is 2.64 bits per heavy atom. The molecule has 2 N–H and O–H groups in total. The molecule has 0 fully saturated rings. The third kappa shape index (κ3) is 7.82. The molecule has 1 atom stereocenters. The van der Waals surface area contributed by atoms with Crippen LogP contribution >= 0.6 is 7.37 Å². The van der Waals surface area contributed by atoms with Gasteiger partial charge in [-0.1, -0.05) is 12.2 Å². The highest BCUT2D eigenvalue weighted by molar-refractivity contribution is 7.65. The minimum atomic E-state index is -3.04. The van der Waals surface area contributed by atoms with Crippen LogP contribution in [-0.4, -0.2) is 41.6 Å². The molecule has 0 radical (unpaired) electrons. The number of ether oxygens (including phenoxy) is 1. The predicted octanol–water partition coefficient (Wildman–Crippen LogP) is 2.68. The number of hydrogen-bond donors (Lipinski definition) is 2. The first-order valence-electron chi connectivity index (χ1n) is 8.05. The predicted molar refractivity (Wildman–Crippen MR) is 98.2 cm³/mol. The topological polar surface area (TPSA) is 97.8 Å². The maximum absolute atomic E-state index is 12.5. The van der Waals surface area contributed by atoms with Gasteiger partial charge in [0.2, 0.25) is 7.37 Å². The van der Waals surface area contributed by atoms with Gasteiger partial charge >= 0.3 is 6.09 Å². The van der Waals surface area contributed by atoms with Gasteiger partial charge in [-0.15, -0.1) is 0 Å². The van der Waals surface area contributed by atoms with Crippen LogP contribution in [0.3, 0.4) is 0 Å². The highest BCUT2D eigenvalue weighted by Gasteiger charge is 2.21. The van der Waals surface area contributed by atoms with Gasteiger partial charge in [0.15, 0.2) is 0 Å². The molecule has 0 saturated heterocycles. The molecule has 1 unspecified atom stereocenters. The summed E-state index contributed by atoms with van der Waals surface area (Å²) in [5.41, 5.74) is 0.868. The summed E-state index contributed by atoms with van der Waals surface area (Å²) in [4.78, 5) is 15.7. The van der Waals surface area contributed by atoms with Crippen molar-refractivity contribution < 1.29 is 23.7 Å². The molecule has 1 heterocycles. The zero-order chi connectivity index (χ0) is 19.1. The highest BCUT2D eigenvalue weighted by atomic mass is 31.2. The van der Waals surface area contributed by atoms with Crippen LogP contribution in [0, 0.1) is 0 Å². The van der Waals surface area contributed by atoms with Gasteiger partial charge in [-0.3, -0.25) is 4.57 Å². The largest absolute Gasteiger partial charge is 0.444 e. The SMILES string of the molecule is CCOP(C)(=O)c1cc(C=CCNC(=O)OC(C)(C)C)cc(CO)n1. The van der Waals surface area contributed by atoms with Crippen molar-refractivity contribution >= 4 is 25.0 Å². The second kappa shape index (κ2) is 9.13. The van der Waals surface area contributed by atoms with E-state index in [4.69, 9.17) is 9.26 Å². The van der Waals surface area contributed by atoms with Crippen molar-refractivity contribution in [3.63, 3.8) is 0 Å². The van der Waals surface area contributed by atoms with E-state index in [-0.39, 0.29) is 13.2 Å². The molecule has 0 spiro atoms. The Balaban J connectivity index is 2.81. The van der Waals surface area contributed by atoms with E-state index in [1.165, 1.54) is 6.66 Å². The number of carbonyl (C=O) groups is 1. The average molecular weight is 370 g/mol. The number of amides is 1. The number of carbonyl (C=O) groups excluding carboxylic acids is 1. The Labute approximate surface area is 148 Å². The number of nitrogens with zero attached hydrogens (tertiary/aromatic N) is 1. The Morgan fingerprint density at radius 2 is 2.08 bits per heavy atom. The van der Waals surface area contributed by atoms with E-state index in [0.29, 0.717) is 23.3 Å². The van der Waals surface area contributed by atoms with Crippen molar-refractivity contribution in [2.75, 3.05) is 19.8 Å². The third-order valence-corrected chi connectivity index (χ3v) is 4.73. The van der Waals surface area contributed by atoms with Crippen molar-refractivity contribution in [1.82, 2.24) is 10.3 Å². The third-order valence-electron chi connectivity index (χ3n) is 2.91. The number of rotatable bonds is 7. The Morgan fingerprint density at radius 1 is 1.40 bits per heavy atom. The van der Waals surface area contributed by atoms with Gasteiger partial charge in [0.05, 0.1) is 18.9 Å². The molecule has 25 heavy (non-hydrogen) atoms. The normalized spacial score (nSPS) is 14.3. The smallest absolute Gasteiger partial charge is 0.407 e. The minimum absolute atomic E-state index is 0.267. The lowest BCUT2D eigenvalue weighted by atomic mass is 10.2. The maximum atomic E-state index is 12.5. The fraction of sp³-hybridized carbons (Fsp3) is 0.529. The van der Waals surface area contributed by atoms with Crippen LogP contribution in [0.2, 0.25) is 0 Å². The summed E-state index contributed by atoms with van der Waals surface area (Å²) in [5, 5.41) is 12.0. The van der Waals surface area contributed by atoms with Gasteiger partial charge in [0, 0.05) is 13.2 Å². The minimum Gasteiger partial charge on any atom is -0.444 e. The summed E-state index contributed by atoms with van der Waals surface area (Å²) in [7, 11) is -3.04. The number of aliphatic hydroxyl groups excluding tert-OH is 1. The molecule has 0 aliphatic heterocycles. The molecule has 0 saturated carbocycles. The molecule has 1 rings (SSSR count). The molecule has 0 bridgehead atoms. The molecular formula is C17H27N2O5P. The van der Waals surface area contributed by atoms with Crippen LogP contribution in [-0.2, 0) is 20.4 Å². The summed E-state index contributed by atoms with van der Waals surface area (Å²) in [6.07, 6.45) is 2.97. The standard InChI is InChI=1S/C17H27N2O5P/c1-6-23-25(5,22)15-11-13(10-14(12-20)19-15)8-7-9-18-16(21)24-17(2,3)4/h7-8,10-11,20H,6,9,12H2,1-5H3,(H,18,21). The highest BCUT2D eigenvalue weighted by Crippen LogP contribution is 2.40. The first kappa shape index (κ1) is 21.4. The number of hydrogen-bond acceptors (Lipinski definition) is 6. The first-order chi connectivity index (χ1) is 11.6. The molecule has 0 aliphatic carbocycles. The van der Waals surface area contributed by atoms with E-state index in [1.807, 2.05) is 0 Å². The van der Waals surface area contributed by atoms with Crippen LogP contribution in [0.1, 0.15) is 39.0 Å². The van der Waals surface area contributed by atoms with Crippen LogP contribution in [0.4, 0.5) is 4.79 Å². The van der Waals surface area contributed by atoms with Gasteiger partial charge in [-0.2, -0.15) is 0 Å². The van der Waals surface area contributed by atoms with Crippen molar-refractivity contribution in [2.24, 2.45) is 0 Å². The van der Waals surface area contributed by atoms with E-state index in [9.17, 15) is 14.5 Å². The number of aliphatic hydroxyl groups is 1. The van der Waals surface area contributed by atoms with E-state index < -0.39 is 19.1 Å². The van der Waals surface area contributed by atoms with Crippen molar-refractivity contribution in [3.8, 4) is 0 Å². The Bertz CT molecular complexity index is 667. The molecule has 7 nitrogen and oxygen atoms in total. The van der Waals surface area contributed by atoms with Gasteiger partial charge in [0.25, 0.3) is 0 Å². The fourth-order valence-electron chi connectivity index (χ4n) is 1.94. The molecular weight excluding hydrogens is 343 g/mol. The molecule has 1 amide bonds. The van der Waals surface area contributed by atoms with Crippen LogP contribution in [0.25, 0.3) is 6.08 Å². The first-order valence-corrected chi connectivity index (χ1v) is 10.1. The fourth-order valence-corrected chi connectivity index (χ4v) is 3.26. The lowest BCUT2D eigenvalue weighted by Crippen LogP contribution is -2.32. The van der Waals surface area contributed by atoms with Gasteiger partial charge in [0.1, 0.15) is 11.0 Å². The quantitative estimate of drug-likeness (QED) is 0.716. The number of pyridine rings is 1. The summed E-state index contributed by atoms with van der Waals surface area (Å²) in [6.45, 7) is 8.94. The molecule has 1 aromatic rings. The van der Waals surface area contributed by atoms with Crippen molar-refractivity contribution in [3.05, 3.63) is 29.5 Å². The number of aromatic nitrogens is 1. The molecule has 140 valence electrons. The summed E-state index contributed by atoms with van der Waals surface area (Å²) in [5.74, 6) is 0. The molecule has 0 aliphatic rings.